The minimum absolute atomic E-state index is 0.0122. The monoisotopic (exact) mass is 170 g/mol. The molecule has 0 saturated carbocycles. The van der Waals surface area contributed by atoms with Crippen LogP contribution in [0.25, 0.3) is 0 Å². The van der Waals surface area contributed by atoms with E-state index in [4.69, 9.17) is 5.11 Å². The van der Waals surface area contributed by atoms with Crippen molar-refractivity contribution in [3.05, 3.63) is 12.7 Å². The summed E-state index contributed by atoms with van der Waals surface area (Å²) in [5.41, 5.74) is 0. The van der Waals surface area contributed by atoms with E-state index in [0.717, 1.165) is 0 Å². The highest BCUT2D eigenvalue weighted by atomic mass is 16.3. The van der Waals surface area contributed by atoms with Crippen molar-refractivity contribution in [3.63, 3.8) is 0 Å². The maximum absolute atomic E-state index is 11.0. The predicted molar refractivity (Wildman–Crippen MR) is 45.7 cm³/mol. The number of carbonyl (C=O) groups excluding carboxylic acids is 1. The Morgan fingerprint density at radius 3 is 2.92 bits per heavy atom. The average Bonchev–Trinajstić information content (AvgIpc) is 1.98. The van der Waals surface area contributed by atoms with Crippen LogP contribution in [0.1, 0.15) is 0 Å². The van der Waals surface area contributed by atoms with Crippen molar-refractivity contribution in [2.24, 2.45) is 0 Å². The quantitative estimate of drug-likeness (QED) is 0.530. The van der Waals surface area contributed by atoms with Gasteiger partial charge in [-0.3, -0.25) is 9.69 Å². The van der Waals surface area contributed by atoms with Gasteiger partial charge in [0.15, 0.2) is 0 Å². The summed E-state index contributed by atoms with van der Waals surface area (Å²) in [5, 5.41) is 11.6. The van der Waals surface area contributed by atoms with E-state index in [2.05, 4.69) is 11.9 Å². The molecule has 0 spiro atoms. The van der Waals surface area contributed by atoms with Crippen molar-refractivity contribution in [3.8, 4) is 0 Å². The zero-order chi connectivity index (χ0) is 8.97. The number of nitrogens with zero attached hydrogens (tertiary/aromatic N) is 1. The molecule has 0 aromatic heterocycles. The van der Waals surface area contributed by atoms with Crippen molar-refractivity contribution in [1.29, 1.82) is 0 Å². The first-order chi connectivity index (χ1) is 5.72. The summed E-state index contributed by atoms with van der Waals surface area (Å²) in [6.07, 6.45) is 1.40. The van der Waals surface area contributed by atoms with Crippen LogP contribution >= 0.6 is 0 Å². The van der Waals surface area contributed by atoms with Crippen LogP contribution in [0, 0.1) is 0 Å². The van der Waals surface area contributed by atoms with Crippen LogP contribution in [0.4, 0.5) is 0 Å². The number of rotatable bonds is 4. The molecule has 0 atom stereocenters. The molecule has 68 valence electrons. The number of amides is 1. The van der Waals surface area contributed by atoms with Gasteiger partial charge in [0.25, 0.3) is 0 Å². The van der Waals surface area contributed by atoms with Gasteiger partial charge < -0.3 is 10.4 Å². The van der Waals surface area contributed by atoms with E-state index in [1.165, 1.54) is 0 Å². The van der Waals surface area contributed by atoms with E-state index in [0.29, 0.717) is 26.2 Å². The molecule has 0 aromatic rings. The largest absolute Gasteiger partial charge is 0.390 e. The van der Waals surface area contributed by atoms with Crippen LogP contribution < -0.4 is 5.32 Å². The van der Waals surface area contributed by atoms with Crippen molar-refractivity contribution in [1.82, 2.24) is 10.2 Å². The summed E-state index contributed by atoms with van der Waals surface area (Å²) in [4.78, 5) is 12.9. The van der Waals surface area contributed by atoms with Crippen molar-refractivity contribution in [2.75, 3.05) is 26.2 Å². The number of β-amino-alcohol motifs (C(OH)–C–C–N with tert-alkyl or cyclic N) is 1. The predicted octanol–water partition coefficient (Wildman–Crippen LogP) is -1.03. The maximum atomic E-state index is 11.0. The van der Waals surface area contributed by atoms with E-state index in [-0.39, 0.29) is 12.0 Å². The Labute approximate surface area is 71.9 Å². The lowest BCUT2D eigenvalue weighted by Gasteiger charge is -2.34. The molecule has 0 aromatic carbocycles. The first-order valence-electron chi connectivity index (χ1n) is 4.00. The van der Waals surface area contributed by atoms with Crippen LogP contribution in [-0.2, 0) is 4.79 Å². The van der Waals surface area contributed by atoms with Gasteiger partial charge >= 0.3 is 0 Å². The third-order valence-electron chi connectivity index (χ3n) is 1.75. The molecule has 0 aliphatic carbocycles. The van der Waals surface area contributed by atoms with Gasteiger partial charge in [0.05, 0.1) is 12.6 Å². The SMILES string of the molecule is C=CCNC(=O)CN1CC(O)C1. The first-order valence-corrected chi connectivity index (χ1v) is 4.00. The summed E-state index contributed by atoms with van der Waals surface area (Å²) >= 11 is 0. The van der Waals surface area contributed by atoms with Gasteiger partial charge in [0, 0.05) is 19.6 Å². The van der Waals surface area contributed by atoms with Crippen LogP contribution in [0.2, 0.25) is 0 Å². The second-order valence-electron chi connectivity index (χ2n) is 2.94. The lowest BCUT2D eigenvalue weighted by molar-refractivity contribution is -0.124. The molecule has 4 nitrogen and oxygen atoms in total. The number of likely N-dealkylation sites (tertiary alicyclic amines) is 1. The van der Waals surface area contributed by atoms with Crippen LogP contribution in [0.15, 0.2) is 12.7 Å². The third-order valence-corrected chi connectivity index (χ3v) is 1.75. The molecule has 0 radical (unpaired) electrons. The van der Waals surface area contributed by atoms with Crippen molar-refractivity contribution < 1.29 is 9.90 Å². The molecular formula is C8H14N2O2. The Hall–Kier alpha value is -0.870. The van der Waals surface area contributed by atoms with Gasteiger partial charge in [-0.15, -0.1) is 6.58 Å². The number of aliphatic hydroxyl groups excluding tert-OH is 1. The lowest BCUT2D eigenvalue weighted by atomic mass is 10.2. The summed E-state index contributed by atoms with van der Waals surface area (Å²) in [7, 11) is 0. The molecular weight excluding hydrogens is 156 g/mol. The molecule has 0 unspecified atom stereocenters. The third kappa shape index (κ3) is 2.64. The highest BCUT2D eigenvalue weighted by Gasteiger charge is 2.25. The summed E-state index contributed by atoms with van der Waals surface area (Å²) in [6.45, 7) is 5.60. The first kappa shape index (κ1) is 9.22. The molecule has 1 fully saturated rings. The standard InChI is InChI=1S/C8H14N2O2/c1-2-3-9-8(12)6-10-4-7(11)5-10/h2,7,11H,1,3-6H2,(H,9,12). The van der Waals surface area contributed by atoms with Crippen molar-refractivity contribution >= 4 is 5.91 Å². The molecule has 12 heavy (non-hydrogen) atoms. The van der Waals surface area contributed by atoms with Crippen LogP contribution in [-0.4, -0.2) is 48.2 Å². The Balaban J connectivity index is 2.06. The fourth-order valence-corrected chi connectivity index (χ4v) is 1.12. The van der Waals surface area contributed by atoms with Crippen LogP contribution in [0.5, 0.6) is 0 Å². The number of carbonyl (C=O) groups is 1. The maximum Gasteiger partial charge on any atom is 0.234 e. The minimum atomic E-state index is -0.239. The minimum Gasteiger partial charge on any atom is -0.390 e. The topological polar surface area (TPSA) is 52.6 Å². The van der Waals surface area contributed by atoms with Gasteiger partial charge in [-0.1, -0.05) is 6.08 Å². The normalized spacial score (nSPS) is 18.4. The smallest absolute Gasteiger partial charge is 0.234 e. The van der Waals surface area contributed by atoms with Gasteiger partial charge in [0.1, 0.15) is 0 Å². The number of hydrogen-bond acceptors (Lipinski definition) is 3. The fraction of sp³-hybridized carbons (Fsp3) is 0.625. The Morgan fingerprint density at radius 1 is 1.75 bits per heavy atom. The van der Waals surface area contributed by atoms with E-state index >= 15 is 0 Å². The molecule has 1 aliphatic rings. The number of aliphatic hydroxyl groups is 1. The molecule has 1 rings (SSSR count). The number of nitrogens with one attached hydrogen (secondary N) is 1. The molecule has 1 aliphatic heterocycles. The highest BCUT2D eigenvalue weighted by Crippen LogP contribution is 2.05. The second-order valence-corrected chi connectivity index (χ2v) is 2.94. The van der Waals surface area contributed by atoms with Gasteiger partial charge in [-0.25, -0.2) is 0 Å². The van der Waals surface area contributed by atoms with Gasteiger partial charge in [-0.05, 0) is 0 Å². The molecule has 2 N–H and O–H groups in total. The molecule has 1 saturated heterocycles. The van der Waals surface area contributed by atoms with E-state index in [1.54, 1.807) is 6.08 Å². The zero-order valence-corrected chi connectivity index (χ0v) is 6.99. The Morgan fingerprint density at radius 2 is 2.42 bits per heavy atom. The summed E-state index contributed by atoms with van der Waals surface area (Å²) < 4.78 is 0. The molecule has 0 bridgehead atoms. The number of hydrogen-bond donors (Lipinski definition) is 2. The van der Waals surface area contributed by atoms with E-state index < -0.39 is 0 Å². The Kier molecular flexibility index (Phi) is 3.25. The zero-order valence-electron chi connectivity index (χ0n) is 6.99. The second kappa shape index (κ2) is 4.23. The summed E-state index contributed by atoms with van der Waals surface area (Å²) in [5.74, 6) is -0.0122. The molecule has 1 amide bonds. The van der Waals surface area contributed by atoms with Crippen LogP contribution in [0.3, 0.4) is 0 Å². The fourth-order valence-electron chi connectivity index (χ4n) is 1.12. The molecule has 4 heteroatoms. The van der Waals surface area contributed by atoms with E-state index in [9.17, 15) is 4.79 Å². The van der Waals surface area contributed by atoms with E-state index in [1.807, 2.05) is 4.90 Å². The lowest BCUT2D eigenvalue weighted by Crippen LogP contribution is -2.53. The van der Waals surface area contributed by atoms with Gasteiger partial charge in [0.2, 0.25) is 5.91 Å². The molecule has 1 heterocycles. The average molecular weight is 170 g/mol. The highest BCUT2D eigenvalue weighted by molar-refractivity contribution is 5.78. The summed E-state index contributed by atoms with van der Waals surface area (Å²) in [6, 6.07) is 0. The Bertz CT molecular complexity index is 176. The van der Waals surface area contributed by atoms with Crippen molar-refractivity contribution in [2.45, 2.75) is 6.10 Å². The van der Waals surface area contributed by atoms with Gasteiger partial charge in [-0.2, -0.15) is 0 Å².